The summed E-state index contributed by atoms with van der Waals surface area (Å²) >= 11 is 0. The summed E-state index contributed by atoms with van der Waals surface area (Å²) in [5.41, 5.74) is 0.371. The van der Waals surface area contributed by atoms with E-state index in [1.807, 2.05) is 20.8 Å². The standard InChI is InChI=1S/C16H24O5/c1-4-19-9-11(17)10-20-12-5-6-13-14(18)8-16(2,3)21-15(13)7-12/h5-7,11,14,17-18H,4,8-10H2,1-3H3. The molecule has 5 heteroatoms. The SMILES string of the molecule is CCOCC(O)COc1ccc2c(c1)OC(C)(C)CC2O. The fourth-order valence-electron chi connectivity index (χ4n) is 2.38. The van der Waals surface area contributed by atoms with Crippen LogP contribution in [0, 0.1) is 0 Å². The molecule has 1 aromatic carbocycles. The summed E-state index contributed by atoms with van der Waals surface area (Å²) in [7, 11) is 0. The Morgan fingerprint density at radius 1 is 1.38 bits per heavy atom. The molecule has 2 N–H and O–H groups in total. The van der Waals surface area contributed by atoms with Gasteiger partial charge >= 0.3 is 0 Å². The van der Waals surface area contributed by atoms with Crippen LogP contribution in [-0.4, -0.2) is 41.7 Å². The summed E-state index contributed by atoms with van der Waals surface area (Å²) < 4.78 is 16.5. The van der Waals surface area contributed by atoms with Gasteiger partial charge in [-0.25, -0.2) is 0 Å². The van der Waals surface area contributed by atoms with Crippen molar-refractivity contribution < 1.29 is 24.4 Å². The predicted molar refractivity (Wildman–Crippen MR) is 78.7 cm³/mol. The number of fused-ring (bicyclic) bond motifs is 1. The minimum absolute atomic E-state index is 0.157. The highest BCUT2D eigenvalue weighted by Gasteiger charge is 2.32. The van der Waals surface area contributed by atoms with E-state index in [0.29, 0.717) is 24.5 Å². The van der Waals surface area contributed by atoms with Gasteiger partial charge in [-0.3, -0.25) is 0 Å². The van der Waals surface area contributed by atoms with E-state index in [4.69, 9.17) is 14.2 Å². The fourth-order valence-corrected chi connectivity index (χ4v) is 2.38. The van der Waals surface area contributed by atoms with E-state index in [1.165, 1.54) is 0 Å². The number of aliphatic hydroxyl groups is 2. The number of benzene rings is 1. The lowest BCUT2D eigenvalue weighted by atomic mass is 9.92. The Morgan fingerprint density at radius 2 is 2.14 bits per heavy atom. The average molecular weight is 296 g/mol. The number of rotatable bonds is 6. The van der Waals surface area contributed by atoms with Crippen LogP contribution < -0.4 is 9.47 Å². The Kier molecular flexibility index (Phi) is 5.08. The highest BCUT2D eigenvalue weighted by molar-refractivity contribution is 5.43. The first-order chi connectivity index (χ1) is 9.91. The van der Waals surface area contributed by atoms with Crippen molar-refractivity contribution in [2.24, 2.45) is 0 Å². The second-order valence-electron chi connectivity index (χ2n) is 5.91. The molecule has 0 amide bonds. The third-order valence-corrected chi connectivity index (χ3v) is 3.37. The lowest BCUT2D eigenvalue weighted by Crippen LogP contribution is -2.34. The van der Waals surface area contributed by atoms with Gasteiger partial charge in [0.15, 0.2) is 0 Å². The Bertz CT molecular complexity index is 472. The van der Waals surface area contributed by atoms with Crippen LogP contribution in [0.3, 0.4) is 0 Å². The minimum Gasteiger partial charge on any atom is -0.491 e. The molecule has 0 saturated carbocycles. The molecule has 0 bridgehead atoms. The molecule has 1 aliphatic rings. The molecule has 0 spiro atoms. The third-order valence-electron chi connectivity index (χ3n) is 3.37. The molecule has 1 heterocycles. The lowest BCUT2D eigenvalue weighted by Gasteiger charge is -2.35. The van der Waals surface area contributed by atoms with E-state index < -0.39 is 17.8 Å². The highest BCUT2D eigenvalue weighted by Crippen LogP contribution is 2.40. The number of ether oxygens (including phenoxy) is 3. The molecule has 0 fully saturated rings. The predicted octanol–water partition coefficient (Wildman–Crippen LogP) is 2.06. The number of hydrogen-bond donors (Lipinski definition) is 2. The van der Waals surface area contributed by atoms with Crippen molar-refractivity contribution in [1.82, 2.24) is 0 Å². The van der Waals surface area contributed by atoms with Crippen molar-refractivity contribution >= 4 is 0 Å². The van der Waals surface area contributed by atoms with Crippen molar-refractivity contribution in [3.05, 3.63) is 23.8 Å². The van der Waals surface area contributed by atoms with Gasteiger partial charge in [-0.15, -0.1) is 0 Å². The Morgan fingerprint density at radius 3 is 2.86 bits per heavy atom. The molecule has 0 radical (unpaired) electrons. The van der Waals surface area contributed by atoms with Crippen molar-refractivity contribution in [2.45, 2.75) is 45.0 Å². The first kappa shape index (κ1) is 16.1. The van der Waals surface area contributed by atoms with Gasteiger partial charge in [0.25, 0.3) is 0 Å². The van der Waals surface area contributed by atoms with Crippen LogP contribution in [0.5, 0.6) is 11.5 Å². The molecule has 1 aliphatic heterocycles. The van der Waals surface area contributed by atoms with Crippen LogP contribution in [0.4, 0.5) is 0 Å². The molecular formula is C16H24O5. The zero-order valence-corrected chi connectivity index (χ0v) is 12.8. The molecule has 0 aromatic heterocycles. The van der Waals surface area contributed by atoms with E-state index >= 15 is 0 Å². The van der Waals surface area contributed by atoms with Crippen LogP contribution in [0.2, 0.25) is 0 Å². The van der Waals surface area contributed by atoms with Gasteiger partial charge in [-0.1, -0.05) is 0 Å². The number of aliphatic hydroxyl groups excluding tert-OH is 2. The Hall–Kier alpha value is -1.30. The summed E-state index contributed by atoms with van der Waals surface area (Å²) in [5, 5.41) is 19.8. The second kappa shape index (κ2) is 6.64. The monoisotopic (exact) mass is 296 g/mol. The van der Waals surface area contributed by atoms with E-state index in [9.17, 15) is 10.2 Å². The largest absolute Gasteiger partial charge is 0.491 e. The van der Waals surface area contributed by atoms with Crippen molar-refractivity contribution in [2.75, 3.05) is 19.8 Å². The Labute approximate surface area is 125 Å². The Balaban J connectivity index is 2.00. The third kappa shape index (κ3) is 4.33. The van der Waals surface area contributed by atoms with Gasteiger partial charge in [-0.2, -0.15) is 0 Å². The van der Waals surface area contributed by atoms with Gasteiger partial charge in [0, 0.05) is 24.7 Å². The van der Waals surface area contributed by atoms with Crippen LogP contribution >= 0.6 is 0 Å². The molecule has 1 aromatic rings. The maximum absolute atomic E-state index is 10.1. The second-order valence-corrected chi connectivity index (χ2v) is 5.91. The highest BCUT2D eigenvalue weighted by atomic mass is 16.5. The fraction of sp³-hybridized carbons (Fsp3) is 0.625. The summed E-state index contributed by atoms with van der Waals surface area (Å²) in [6.07, 6.45) is -0.627. The summed E-state index contributed by atoms with van der Waals surface area (Å²) in [6.45, 7) is 6.74. The van der Waals surface area contributed by atoms with Gasteiger partial charge < -0.3 is 24.4 Å². The summed E-state index contributed by atoms with van der Waals surface area (Å²) in [4.78, 5) is 0. The summed E-state index contributed by atoms with van der Waals surface area (Å²) in [6, 6.07) is 5.34. The van der Waals surface area contributed by atoms with Gasteiger partial charge in [0.1, 0.15) is 29.8 Å². The molecular weight excluding hydrogens is 272 g/mol. The topological polar surface area (TPSA) is 68.2 Å². The molecule has 0 aliphatic carbocycles. The first-order valence-corrected chi connectivity index (χ1v) is 7.31. The quantitative estimate of drug-likeness (QED) is 0.841. The normalized spacial score (nSPS) is 21.3. The van der Waals surface area contributed by atoms with Gasteiger partial charge in [0.05, 0.1) is 12.7 Å². The maximum atomic E-state index is 10.1. The van der Waals surface area contributed by atoms with Crippen molar-refractivity contribution in [3.63, 3.8) is 0 Å². The van der Waals surface area contributed by atoms with E-state index in [-0.39, 0.29) is 13.2 Å². The molecule has 2 unspecified atom stereocenters. The first-order valence-electron chi connectivity index (χ1n) is 7.31. The number of hydrogen-bond acceptors (Lipinski definition) is 5. The van der Waals surface area contributed by atoms with Crippen LogP contribution in [-0.2, 0) is 4.74 Å². The maximum Gasteiger partial charge on any atom is 0.129 e. The van der Waals surface area contributed by atoms with Crippen LogP contribution in [0.15, 0.2) is 18.2 Å². The molecule has 21 heavy (non-hydrogen) atoms. The molecule has 2 rings (SSSR count). The lowest BCUT2D eigenvalue weighted by molar-refractivity contribution is 0.00946. The molecule has 5 nitrogen and oxygen atoms in total. The molecule has 2 atom stereocenters. The zero-order valence-electron chi connectivity index (χ0n) is 12.8. The van der Waals surface area contributed by atoms with E-state index in [0.717, 1.165) is 5.56 Å². The zero-order chi connectivity index (χ0) is 15.5. The van der Waals surface area contributed by atoms with Crippen LogP contribution in [0.25, 0.3) is 0 Å². The van der Waals surface area contributed by atoms with E-state index in [1.54, 1.807) is 18.2 Å². The van der Waals surface area contributed by atoms with Gasteiger partial charge in [-0.05, 0) is 32.9 Å². The minimum atomic E-state index is -0.663. The smallest absolute Gasteiger partial charge is 0.129 e. The van der Waals surface area contributed by atoms with Gasteiger partial charge in [0.2, 0.25) is 0 Å². The van der Waals surface area contributed by atoms with Crippen LogP contribution in [0.1, 0.15) is 38.9 Å². The van der Waals surface area contributed by atoms with Crippen molar-refractivity contribution in [3.8, 4) is 11.5 Å². The average Bonchev–Trinajstić information content (AvgIpc) is 2.41. The van der Waals surface area contributed by atoms with Crippen molar-refractivity contribution in [1.29, 1.82) is 0 Å². The molecule has 0 saturated heterocycles. The van der Waals surface area contributed by atoms with E-state index in [2.05, 4.69) is 0 Å². The molecule has 118 valence electrons. The summed E-state index contributed by atoms with van der Waals surface area (Å²) in [5.74, 6) is 1.24.